The molecule has 0 aromatic heterocycles. The molecule has 0 aliphatic carbocycles. The lowest BCUT2D eigenvalue weighted by molar-refractivity contribution is -0.139. The zero-order valence-corrected chi connectivity index (χ0v) is 18.7. The Hall–Kier alpha value is -3.08. The number of hydrogen-bond donors (Lipinski definition) is 1. The molecule has 1 saturated heterocycles. The summed E-state index contributed by atoms with van der Waals surface area (Å²) in [4.78, 5) is 27.5. The number of aryl methyl sites for hydroxylation is 1. The maximum atomic E-state index is 13.0. The maximum Gasteiger partial charge on any atom is 0.295 e. The van der Waals surface area contributed by atoms with Crippen molar-refractivity contribution >= 4 is 17.4 Å². The first-order chi connectivity index (χ1) is 14.9. The highest BCUT2D eigenvalue weighted by atomic mass is 16.5. The Labute approximate surface area is 184 Å². The van der Waals surface area contributed by atoms with E-state index in [0.29, 0.717) is 17.9 Å². The molecule has 1 fully saturated rings. The molecule has 2 aromatic rings. The van der Waals surface area contributed by atoms with Gasteiger partial charge in [-0.2, -0.15) is 0 Å². The van der Waals surface area contributed by atoms with Crippen LogP contribution < -0.4 is 4.74 Å². The van der Waals surface area contributed by atoms with E-state index in [1.165, 1.54) is 0 Å². The summed E-state index contributed by atoms with van der Waals surface area (Å²) in [6.07, 6.45) is 2.55. The highest BCUT2D eigenvalue weighted by Crippen LogP contribution is 2.40. The van der Waals surface area contributed by atoms with Gasteiger partial charge in [0.2, 0.25) is 0 Å². The predicted molar refractivity (Wildman–Crippen MR) is 122 cm³/mol. The first-order valence-corrected chi connectivity index (χ1v) is 11.0. The van der Waals surface area contributed by atoms with Crippen LogP contribution >= 0.6 is 0 Å². The number of aliphatic hydroxyl groups is 1. The fraction of sp³-hybridized carbons (Fsp3) is 0.385. The van der Waals surface area contributed by atoms with Gasteiger partial charge in [-0.25, -0.2) is 0 Å². The second kappa shape index (κ2) is 9.82. The van der Waals surface area contributed by atoms with Crippen LogP contribution in [0, 0.1) is 0 Å². The number of aliphatic hydroxyl groups excluding tert-OH is 1. The highest BCUT2D eigenvalue weighted by molar-refractivity contribution is 6.46. The van der Waals surface area contributed by atoms with Gasteiger partial charge in [0, 0.05) is 12.1 Å². The second-order valence-corrected chi connectivity index (χ2v) is 8.14. The van der Waals surface area contributed by atoms with E-state index in [1.54, 1.807) is 17.0 Å². The topological polar surface area (TPSA) is 66.8 Å². The Morgan fingerprint density at radius 1 is 1.10 bits per heavy atom. The lowest BCUT2D eigenvalue weighted by Gasteiger charge is -2.25. The highest BCUT2D eigenvalue weighted by Gasteiger charge is 2.45. The third-order valence-electron chi connectivity index (χ3n) is 5.47. The van der Waals surface area contributed by atoms with Crippen molar-refractivity contribution in [3.05, 3.63) is 70.8 Å². The SMILES string of the molecule is CCCCN1C(=O)C(=O)/C(=C(\O)c2ccc(CC)cc2)C1c1cccc(OC(C)C)c1. The molecule has 1 atom stereocenters. The van der Waals surface area contributed by atoms with Gasteiger partial charge in [0.1, 0.15) is 11.5 Å². The van der Waals surface area contributed by atoms with Gasteiger partial charge in [-0.05, 0) is 49.9 Å². The van der Waals surface area contributed by atoms with E-state index in [2.05, 4.69) is 6.92 Å². The quantitative estimate of drug-likeness (QED) is 0.359. The molecule has 2 aromatic carbocycles. The third-order valence-corrected chi connectivity index (χ3v) is 5.47. The maximum absolute atomic E-state index is 13.0. The van der Waals surface area contributed by atoms with Crippen molar-refractivity contribution in [2.75, 3.05) is 6.54 Å². The minimum absolute atomic E-state index is 0.00113. The van der Waals surface area contributed by atoms with E-state index in [0.717, 1.165) is 30.4 Å². The van der Waals surface area contributed by atoms with E-state index in [4.69, 9.17) is 4.74 Å². The molecular formula is C26H31NO4. The van der Waals surface area contributed by atoms with Gasteiger partial charge in [0.05, 0.1) is 17.7 Å². The molecule has 0 radical (unpaired) electrons. The fourth-order valence-corrected chi connectivity index (χ4v) is 3.87. The molecule has 31 heavy (non-hydrogen) atoms. The molecule has 1 aliphatic rings. The fourth-order valence-electron chi connectivity index (χ4n) is 3.87. The number of amides is 1. The number of ether oxygens (including phenoxy) is 1. The lowest BCUT2D eigenvalue weighted by atomic mass is 9.94. The van der Waals surface area contributed by atoms with Gasteiger partial charge < -0.3 is 14.7 Å². The van der Waals surface area contributed by atoms with Gasteiger partial charge in [-0.1, -0.05) is 56.7 Å². The third kappa shape index (κ3) is 4.82. The summed E-state index contributed by atoms with van der Waals surface area (Å²) in [5.41, 5.74) is 2.55. The number of hydrogen-bond acceptors (Lipinski definition) is 4. The Morgan fingerprint density at radius 2 is 1.81 bits per heavy atom. The van der Waals surface area contributed by atoms with Crippen LogP contribution in [0.15, 0.2) is 54.1 Å². The van der Waals surface area contributed by atoms with E-state index < -0.39 is 17.7 Å². The van der Waals surface area contributed by atoms with Gasteiger partial charge in [0.15, 0.2) is 0 Å². The van der Waals surface area contributed by atoms with Crippen LogP contribution in [0.4, 0.5) is 0 Å². The number of likely N-dealkylation sites (tertiary alicyclic amines) is 1. The number of rotatable bonds is 8. The van der Waals surface area contributed by atoms with Crippen LogP contribution in [0.25, 0.3) is 5.76 Å². The molecule has 0 bridgehead atoms. The molecular weight excluding hydrogens is 390 g/mol. The zero-order chi connectivity index (χ0) is 22.5. The second-order valence-electron chi connectivity index (χ2n) is 8.14. The first-order valence-electron chi connectivity index (χ1n) is 11.0. The monoisotopic (exact) mass is 421 g/mol. The molecule has 5 heteroatoms. The van der Waals surface area contributed by atoms with Crippen molar-refractivity contribution in [3.8, 4) is 5.75 Å². The minimum Gasteiger partial charge on any atom is -0.507 e. The molecule has 1 amide bonds. The van der Waals surface area contributed by atoms with Crippen LogP contribution in [0.1, 0.15) is 63.3 Å². The number of nitrogens with zero attached hydrogens (tertiary/aromatic N) is 1. The lowest BCUT2D eigenvalue weighted by Crippen LogP contribution is -2.30. The van der Waals surface area contributed by atoms with Crippen molar-refractivity contribution in [2.24, 2.45) is 0 Å². The summed E-state index contributed by atoms with van der Waals surface area (Å²) in [5, 5.41) is 11.1. The Morgan fingerprint density at radius 3 is 2.42 bits per heavy atom. The average Bonchev–Trinajstić information content (AvgIpc) is 3.01. The zero-order valence-electron chi connectivity index (χ0n) is 18.7. The molecule has 164 valence electrons. The summed E-state index contributed by atoms with van der Waals surface area (Å²) in [6, 6.07) is 14.2. The summed E-state index contributed by atoms with van der Waals surface area (Å²) in [7, 11) is 0. The smallest absolute Gasteiger partial charge is 0.295 e. The molecule has 1 unspecified atom stereocenters. The number of Topliss-reactive ketones (excluding diaryl/α,β-unsaturated/α-hetero) is 1. The van der Waals surface area contributed by atoms with E-state index in [-0.39, 0.29) is 17.4 Å². The number of carbonyl (C=O) groups is 2. The molecule has 1 aliphatic heterocycles. The van der Waals surface area contributed by atoms with Crippen LogP contribution in [0.2, 0.25) is 0 Å². The molecule has 1 heterocycles. The molecule has 0 saturated carbocycles. The van der Waals surface area contributed by atoms with Gasteiger partial charge in [-0.3, -0.25) is 9.59 Å². The summed E-state index contributed by atoms with van der Waals surface area (Å²) < 4.78 is 5.82. The van der Waals surface area contributed by atoms with Gasteiger partial charge in [0.25, 0.3) is 11.7 Å². The van der Waals surface area contributed by atoms with Gasteiger partial charge >= 0.3 is 0 Å². The van der Waals surface area contributed by atoms with Crippen molar-refractivity contribution in [3.63, 3.8) is 0 Å². The normalized spacial score (nSPS) is 18.1. The number of ketones is 1. The van der Waals surface area contributed by atoms with Crippen LogP contribution in [-0.2, 0) is 16.0 Å². The van der Waals surface area contributed by atoms with E-state index in [9.17, 15) is 14.7 Å². The Balaban J connectivity index is 2.12. The first kappa shape index (κ1) is 22.6. The van der Waals surface area contributed by atoms with Gasteiger partial charge in [-0.15, -0.1) is 0 Å². The van der Waals surface area contributed by atoms with Crippen LogP contribution in [0.5, 0.6) is 5.75 Å². The molecule has 0 spiro atoms. The predicted octanol–water partition coefficient (Wildman–Crippen LogP) is 5.26. The number of benzene rings is 2. The standard InChI is InChI=1S/C26H31NO4/c1-5-7-15-27-23(20-9-8-10-21(16-20)31-17(3)4)22(25(29)26(27)30)24(28)19-13-11-18(6-2)12-14-19/h8-14,16-17,23,28H,5-7,15H2,1-4H3/b24-22-. The average molecular weight is 422 g/mol. The van der Waals surface area contributed by atoms with E-state index >= 15 is 0 Å². The largest absolute Gasteiger partial charge is 0.507 e. The molecule has 1 N–H and O–H groups in total. The summed E-state index contributed by atoms with van der Waals surface area (Å²) >= 11 is 0. The van der Waals surface area contributed by atoms with Crippen molar-refractivity contribution in [1.29, 1.82) is 0 Å². The van der Waals surface area contributed by atoms with Crippen LogP contribution in [0.3, 0.4) is 0 Å². The van der Waals surface area contributed by atoms with E-state index in [1.807, 2.05) is 57.2 Å². The van der Waals surface area contributed by atoms with Crippen molar-refractivity contribution in [1.82, 2.24) is 4.90 Å². The minimum atomic E-state index is -0.645. The van der Waals surface area contributed by atoms with Crippen molar-refractivity contribution < 1.29 is 19.4 Å². The molecule has 5 nitrogen and oxygen atoms in total. The molecule has 3 rings (SSSR count). The van der Waals surface area contributed by atoms with Crippen molar-refractivity contribution in [2.45, 2.75) is 59.1 Å². The Kier molecular flexibility index (Phi) is 7.16. The van der Waals surface area contributed by atoms with Crippen LogP contribution in [-0.4, -0.2) is 34.3 Å². The number of unbranched alkanes of at least 4 members (excludes halogenated alkanes) is 1. The number of carbonyl (C=O) groups excluding carboxylic acids is 2. The Bertz CT molecular complexity index is 975. The summed E-state index contributed by atoms with van der Waals surface area (Å²) in [5.74, 6) is -0.685. The summed E-state index contributed by atoms with van der Waals surface area (Å²) in [6.45, 7) is 8.44.